The number of nitrogens with zero attached hydrogens (tertiary/aromatic N) is 3. The standard InChI is InChI=1S/C19H17ClN4O2/c1-3-14-16(20)15-17(22-14)23-19(24-18(15)25-4-2)26-13-6-5-11-7-8-21-10-12(11)9-13/h5-10H,3-4H2,1-2H3,(H,22,23,24). The van der Waals surface area contributed by atoms with E-state index < -0.39 is 0 Å². The van der Waals surface area contributed by atoms with E-state index in [2.05, 4.69) is 19.9 Å². The van der Waals surface area contributed by atoms with Crippen LogP contribution >= 0.6 is 11.6 Å². The summed E-state index contributed by atoms with van der Waals surface area (Å²) >= 11 is 6.44. The number of hydrogen-bond donors (Lipinski definition) is 1. The lowest BCUT2D eigenvalue weighted by atomic mass is 10.2. The van der Waals surface area contributed by atoms with E-state index in [-0.39, 0.29) is 6.01 Å². The Balaban J connectivity index is 1.77. The largest absolute Gasteiger partial charge is 0.477 e. The quantitative estimate of drug-likeness (QED) is 0.541. The van der Waals surface area contributed by atoms with Crippen LogP contribution in [0.15, 0.2) is 36.7 Å². The number of H-pyrrole nitrogens is 1. The molecule has 132 valence electrons. The Morgan fingerprint density at radius 2 is 2.00 bits per heavy atom. The van der Waals surface area contributed by atoms with E-state index in [0.717, 1.165) is 22.9 Å². The van der Waals surface area contributed by atoms with E-state index >= 15 is 0 Å². The van der Waals surface area contributed by atoms with Crippen molar-refractivity contribution in [1.82, 2.24) is 19.9 Å². The lowest BCUT2D eigenvalue weighted by Gasteiger charge is -2.08. The number of rotatable bonds is 5. The highest BCUT2D eigenvalue weighted by atomic mass is 35.5. The van der Waals surface area contributed by atoms with Crippen molar-refractivity contribution in [2.75, 3.05) is 6.61 Å². The van der Waals surface area contributed by atoms with Gasteiger partial charge in [0.15, 0.2) is 0 Å². The summed E-state index contributed by atoms with van der Waals surface area (Å²) in [6, 6.07) is 7.88. The number of nitrogens with one attached hydrogen (secondary N) is 1. The zero-order chi connectivity index (χ0) is 18.1. The average Bonchev–Trinajstić information content (AvgIpc) is 2.98. The first-order valence-corrected chi connectivity index (χ1v) is 8.80. The van der Waals surface area contributed by atoms with E-state index in [9.17, 15) is 0 Å². The number of aromatic amines is 1. The molecule has 0 aliphatic rings. The number of pyridine rings is 1. The number of aromatic nitrogens is 4. The SMILES string of the molecule is CCOc1nc(Oc2ccc3ccncc3c2)nc2[nH]c(CC)c(Cl)c12. The first-order valence-electron chi connectivity index (χ1n) is 8.42. The third-order valence-corrected chi connectivity index (χ3v) is 4.48. The summed E-state index contributed by atoms with van der Waals surface area (Å²) in [5.74, 6) is 1.04. The molecule has 4 aromatic rings. The smallest absolute Gasteiger partial charge is 0.327 e. The number of halogens is 1. The van der Waals surface area contributed by atoms with Crippen molar-refractivity contribution in [3.8, 4) is 17.6 Å². The lowest BCUT2D eigenvalue weighted by Crippen LogP contribution is -1.99. The minimum absolute atomic E-state index is 0.199. The zero-order valence-corrected chi connectivity index (χ0v) is 15.2. The Bertz CT molecular complexity index is 1090. The van der Waals surface area contributed by atoms with Crippen molar-refractivity contribution in [3.63, 3.8) is 0 Å². The molecule has 3 aromatic heterocycles. The molecule has 0 saturated carbocycles. The molecule has 1 aromatic carbocycles. The van der Waals surface area contributed by atoms with Crippen LogP contribution in [-0.4, -0.2) is 26.5 Å². The molecule has 0 bridgehead atoms. The van der Waals surface area contributed by atoms with Crippen LogP contribution in [0.2, 0.25) is 5.02 Å². The Kier molecular flexibility index (Phi) is 4.34. The van der Waals surface area contributed by atoms with Crippen LogP contribution in [0.5, 0.6) is 17.6 Å². The van der Waals surface area contributed by atoms with Crippen LogP contribution in [0, 0.1) is 0 Å². The Hall–Kier alpha value is -2.86. The van der Waals surface area contributed by atoms with Crippen LogP contribution < -0.4 is 9.47 Å². The lowest BCUT2D eigenvalue weighted by molar-refractivity contribution is 0.323. The zero-order valence-electron chi connectivity index (χ0n) is 14.4. The second kappa shape index (κ2) is 6.80. The van der Waals surface area contributed by atoms with Crippen molar-refractivity contribution in [2.24, 2.45) is 0 Å². The van der Waals surface area contributed by atoms with Gasteiger partial charge in [-0.15, -0.1) is 0 Å². The van der Waals surface area contributed by atoms with Crippen molar-refractivity contribution in [1.29, 1.82) is 0 Å². The molecule has 4 rings (SSSR count). The Morgan fingerprint density at radius 1 is 1.12 bits per heavy atom. The molecule has 3 heterocycles. The number of fused-ring (bicyclic) bond motifs is 2. The van der Waals surface area contributed by atoms with Gasteiger partial charge in [0.1, 0.15) is 16.8 Å². The fourth-order valence-corrected chi connectivity index (χ4v) is 3.17. The van der Waals surface area contributed by atoms with E-state index in [0.29, 0.717) is 34.3 Å². The van der Waals surface area contributed by atoms with Gasteiger partial charge < -0.3 is 14.5 Å². The molecule has 6 nitrogen and oxygen atoms in total. The van der Waals surface area contributed by atoms with Crippen LogP contribution in [0.25, 0.3) is 21.8 Å². The van der Waals surface area contributed by atoms with Gasteiger partial charge in [-0.1, -0.05) is 24.6 Å². The number of ether oxygens (including phenoxy) is 2. The van der Waals surface area contributed by atoms with Gasteiger partial charge in [-0.3, -0.25) is 4.98 Å². The minimum Gasteiger partial charge on any atom is -0.477 e. The maximum Gasteiger partial charge on any atom is 0.327 e. The molecule has 0 atom stereocenters. The summed E-state index contributed by atoms with van der Waals surface area (Å²) in [5.41, 5.74) is 1.49. The van der Waals surface area contributed by atoms with Gasteiger partial charge >= 0.3 is 6.01 Å². The van der Waals surface area contributed by atoms with Gasteiger partial charge in [-0.2, -0.15) is 9.97 Å². The van der Waals surface area contributed by atoms with Gasteiger partial charge in [0, 0.05) is 23.5 Å². The Morgan fingerprint density at radius 3 is 2.81 bits per heavy atom. The van der Waals surface area contributed by atoms with E-state index in [1.165, 1.54) is 0 Å². The van der Waals surface area contributed by atoms with Crippen molar-refractivity contribution >= 4 is 33.4 Å². The van der Waals surface area contributed by atoms with Gasteiger partial charge in [-0.25, -0.2) is 0 Å². The van der Waals surface area contributed by atoms with Crippen molar-refractivity contribution < 1.29 is 9.47 Å². The molecule has 0 aliphatic carbocycles. The molecule has 0 aliphatic heterocycles. The predicted octanol–water partition coefficient (Wildman–Crippen LogP) is 4.91. The molecular weight excluding hydrogens is 352 g/mol. The normalized spacial score (nSPS) is 11.2. The molecule has 0 radical (unpaired) electrons. The summed E-state index contributed by atoms with van der Waals surface area (Å²) in [4.78, 5) is 16.2. The molecular formula is C19H17ClN4O2. The van der Waals surface area contributed by atoms with Crippen LogP contribution in [0.4, 0.5) is 0 Å². The second-order valence-corrected chi connectivity index (χ2v) is 6.10. The van der Waals surface area contributed by atoms with Gasteiger partial charge in [-0.05, 0) is 36.9 Å². The topological polar surface area (TPSA) is 72.9 Å². The summed E-state index contributed by atoms with van der Waals surface area (Å²) in [6.07, 6.45) is 4.30. The molecule has 0 unspecified atom stereocenters. The van der Waals surface area contributed by atoms with Crippen LogP contribution in [0.1, 0.15) is 19.5 Å². The first kappa shape index (κ1) is 16.6. The highest BCUT2D eigenvalue weighted by molar-refractivity contribution is 6.36. The number of benzene rings is 1. The van der Waals surface area contributed by atoms with Crippen molar-refractivity contribution in [3.05, 3.63) is 47.4 Å². The second-order valence-electron chi connectivity index (χ2n) is 5.73. The maximum atomic E-state index is 6.44. The highest BCUT2D eigenvalue weighted by Crippen LogP contribution is 2.35. The summed E-state index contributed by atoms with van der Waals surface area (Å²) in [6.45, 7) is 4.38. The fourth-order valence-electron chi connectivity index (χ4n) is 2.82. The van der Waals surface area contributed by atoms with E-state index in [1.807, 2.05) is 38.1 Å². The number of aryl methyl sites for hydroxylation is 1. The third-order valence-electron chi connectivity index (χ3n) is 4.06. The predicted molar refractivity (Wildman–Crippen MR) is 101 cm³/mol. The summed E-state index contributed by atoms with van der Waals surface area (Å²) < 4.78 is 11.5. The molecule has 1 N–H and O–H groups in total. The fraction of sp³-hybridized carbons (Fsp3) is 0.211. The van der Waals surface area contributed by atoms with E-state index in [1.54, 1.807) is 12.4 Å². The number of hydrogen-bond acceptors (Lipinski definition) is 5. The minimum atomic E-state index is 0.199. The molecule has 7 heteroatoms. The molecule has 0 saturated heterocycles. The van der Waals surface area contributed by atoms with Crippen molar-refractivity contribution in [2.45, 2.75) is 20.3 Å². The Labute approximate surface area is 155 Å². The van der Waals surface area contributed by atoms with Gasteiger partial charge in [0.2, 0.25) is 5.88 Å². The van der Waals surface area contributed by atoms with Gasteiger partial charge in [0.05, 0.1) is 11.6 Å². The maximum absolute atomic E-state index is 6.44. The molecule has 26 heavy (non-hydrogen) atoms. The molecule has 0 fully saturated rings. The molecule has 0 amide bonds. The van der Waals surface area contributed by atoms with E-state index in [4.69, 9.17) is 21.1 Å². The van der Waals surface area contributed by atoms with Crippen LogP contribution in [-0.2, 0) is 6.42 Å². The van der Waals surface area contributed by atoms with Crippen LogP contribution in [0.3, 0.4) is 0 Å². The first-order chi connectivity index (χ1) is 12.7. The average molecular weight is 369 g/mol. The highest BCUT2D eigenvalue weighted by Gasteiger charge is 2.18. The summed E-state index contributed by atoms with van der Waals surface area (Å²) in [7, 11) is 0. The van der Waals surface area contributed by atoms with Gasteiger partial charge in [0.25, 0.3) is 0 Å². The third kappa shape index (κ3) is 2.93. The monoisotopic (exact) mass is 368 g/mol. The summed E-state index contributed by atoms with van der Waals surface area (Å²) in [5, 5.41) is 3.34. The molecule has 0 spiro atoms.